The van der Waals surface area contributed by atoms with Crippen molar-refractivity contribution in [3.8, 4) is 0 Å². The first-order chi connectivity index (χ1) is 8.56. The third-order valence-electron chi connectivity index (χ3n) is 1.68. The lowest BCUT2D eigenvalue weighted by Gasteiger charge is -1.91. The molecule has 2 aromatic heterocycles. The highest BCUT2D eigenvalue weighted by Crippen LogP contribution is 2.39. The second-order valence-corrected chi connectivity index (χ2v) is 8.47. The molecule has 18 heavy (non-hydrogen) atoms. The Morgan fingerprint density at radius 2 is 1.28 bits per heavy atom. The van der Waals surface area contributed by atoms with Gasteiger partial charge in [0.15, 0.2) is 30.2 Å². The third-order valence-corrected chi connectivity index (χ3v) is 5.99. The van der Waals surface area contributed by atoms with Crippen LogP contribution in [0.5, 0.6) is 0 Å². The second kappa shape index (κ2) is 6.53. The number of rotatable bonds is 5. The van der Waals surface area contributed by atoms with Crippen molar-refractivity contribution in [1.29, 1.82) is 0 Å². The summed E-state index contributed by atoms with van der Waals surface area (Å²) in [4.78, 5) is 0.809. The zero-order valence-electron chi connectivity index (χ0n) is 8.33. The van der Waals surface area contributed by atoms with Crippen LogP contribution >= 0.6 is 43.0 Å². The van der Waals surface area contributed by atoms with E-state index in [1.54, 1.807) is 12.1 Å². The molecule has 0 aliphatic carbocycles. The minimum absolute atomic E-state index is 0.404. The van der Waals surface area contributed by atoms with Crippen LogP contribution in [-0.4, -0.2) is 8.42 Å². The highest BCUT2D eigenvalue weighted by molar-refractivity contribution is 8.76. The Morgan fingerprint density at radius 3 is 1.56 bits per heavy atom. The first kappa shape index (κ1) is 14.5. The minimum Gasteiger partial charge on any atom is -0.456 e. The Balaban J connectivity index is 1.97. The lowest BCUT2D eigenvalue weighted by atomic mass is 10.7. The first-order valence-electron chi connectivity index (χ1n) is 4.24. The van der Waals surface area contributed by atoms with E-state index in [2.05, 4.69) is 0 Å². The predicted molar refractivity (Wildman–Crippen MR) is 73.7 cm³/mol. The molecule has 10 heteroatoms. The summed E-state index contributed by atoms with van der Waals surface area (Å²) in [7, 11) is 10.2. The molecule has 0 spiro atoms. The molecule has 0 aliphatic rings. The molecule has 0 bridgehead atoms. The summed E-state index contributed by atoms with van der Waals surface area (Å²) in [6.45, 7) is 0. The zero-order chi connectivity index (χ0) is 13.1. The Labute approximate surface area is 124 Å². The topological polar surface area (TPSA) is 60.4 Å². The molecule has 98 valence electrons. The van der Waals surface area contributed by atoms with Crippen molar-refractivity contribution in [3.63, 3.8) is 0 Å². The van der Waals surface area contributed by atoms with Gasteiger partial charge >= 0.3 is 0 Å². The van der Waals surface area contributed by atoms with Crippen LogP contribution < -0.4 is 0 Å². The fourth-order valence-electron chi connectivity index (χ4n) is 0.939. The molecular formula is C8H4Cl2O4S4. The van der Waals surface area contributed by atoms with Gasteiger partial charge in [-0.2, -0.15) is 0 Å². The fourth-order valence-corrected chi connectivity index (χ4v) is 3.93. The summed E-state index contributed by atoms with van der Waals surface area (Å²) < 4.78 is 32.2. The molecule has 0 radical (unpaired) electrons. The van der Waals surface area contributed by atoms with Gasteiger partial charge in [0.25, 0.3) is 0 Å². The standard InChI is InChI=1S/C8H4Cl2O4S4/c9-17(11)5-1-7(13-3-5)15-16-8-2-6(4-14-8)18(10)12/h1-4H. The molecule has 0 saturated carbocycles. The van der Waals surface area contributed by atoms with Crippen molar-refractivity contribution in [2.45, 2.75) is 20.0 Å². The lowest BCUT2D eigenvalue weighted by Crippen LogP contribution is -1.72. The number of halogens is 2. The van der Waals surface area contributed by atoms with E-state index in [4.69, 9.17) is 30.2 Å². The van der Waals surface area contributed by atoms with Crippen molar-refractivity contribution < 1.29 is 17.3 Å². The van der Waals surface area contributed by atoms with Gasteiger partial charge in [0.2, 0.25) is 0 Å². The Bertz CT molecular complexity index is 541. The molecule has 2 rings (SSSR count). The number of furan rings is 2. The zero-order valence-corrected chi connectivity index (χ0v) is 13.1. The normalized spacial score (nSPS) is 14.6. The van der Waals surface area contributed by atoms with Gasteiger partial charge in [-0.15, -0.1) is 0 Å². The molecule has 0 aliphatic heterocycles. The Hall–Kier alpha value is 0.140. The number of hydrogen-bond donors (Lipinski definition) is 0. The Morgan fingerprint density at radius 1 is 0.889 bits per heavy atom. The van der Waals surface area contributed by atoms with E-state index in [0.717, 1.165) is 0 Å². The summed E-state index contributed by atoms with van der Waals surface area (Å²) in [5.41, 5.74) is 0. The molecule has 2 atom stereocenters. The molecule has 2 heterocycles. The van der Waals surface area contributed by atoms with Gasteiger partial charge in [-0.1, -0.05) is 0 Å². The van der Waals surface area contributed by atoms with Crippen LogP contribution in [0.1, 0.15) is 0 Å². The molecule has 0 amide bonds. The van der Waals surface area contributed by atoms with E-state index in [-0.39, 0.29) is 0 Å². The lowest BCUT2D eigenvalue weighted by molar-refractivity contribution is 0.470. The van der Waals surface area contributed by atoms with Crippen LogP contribution in [0.2, 0.25) is 0 Å². The summed E-state index contributed by atoms with van der Waals surface area (Å²) >= 11 is 0. The first-order valence-corrected chi connectivity index (χ1v) is 10.3. The third kappa shape index (κ3) is 3.82. The highest BCUT2D eigenvalue weighted by Gasteiger charge is 2.11. The van der Waals surface area contributed by atoms with Crippen LogP contribution in [0.25, 0.3) is 0 Å². The molecule has 2 aromatic rings. The molecule has 0 N–H and O–H groups in total. The molecule has 0 fully saturated rings. The van der Waals surface area contributed by atoms with Crippen molar-refractivity contribution in [2.75, 3.05) is 0 Å². The summed E-state index contributed by atoms with van der Waals surface area (Å²) in [5.74, 6) is 0. The van der Waals surface area contributed by atoms with Crippen LogP contribution in [0.3, 0.4) is 0 Å². The molecule has 0 saturated heterocycles. The van der Waals surface area contributed by atoms with Crippen molar-refractivity contribution in [2.24, 2.45) is 0 Å². The second-order valence-electron chi connectivity index (χ2n) is 2.82. The van der Waals surface area contributed by atoms with E-state index in [0.29, 0.717) is 20.0 Å². The van der Waals surface area contributed by atoms with Crippen molar-refractivity contribution in [1.82, 2.24) is 0 Å². The van der Waals surface area contributed by atoms with Crippen LogP contribution in [0.4, 0.5) is 0 Å². The van der Waals surface area contributed by atoms with Crippen LogP contribution in [0, 0.1) is 0 Å². The maximum atomic E-state index is 10.9. The average molecular weight is 363 g/mol. The van der Waals surface area contributed by atoms with E-state index < -0.39 is 20.0 Å². The number of hydrogen-bond acceptors (Lipinski definition) is 6. The van der Waals surface area contributed by atoms with Crippen molar-refractivity contribution in [3.05, 3.63) is 24.7 Å². The molecular weight excluding hydrogens is 359 g/mol. The van der Waals surface area contributed by atoms with Crippen molar-refractivity contribution >= 4 is 63.0 Å². The molecule has 0 aromatic carbocycles. The maximum absolute atomic E-state index is 10.9. The summed E-state index contributed by atoms with van der Waals surface area (Å²) in [6.07, 6.45) is 2.65. The van der Waals surface area contributed by atoms with Gasteiger partial charge in [-0.3, -0.25) is 0 Å². The summed E-state index contributed by atoms with van der Waals surface area (Å²) in [6, 6.07) is 3.15. The Kier molecular flexibility index (Phi) is 5.28. The average Bonchev–Trinajstić information content (AvgIpc) is 2.95. The predicted octanol–water partition coefficient (Wildman–Crippen LogP) is 4.19. The van der Waals surface area contributed by atoms with Crippen LogP contribution in [-0.2, 0) is 20.0 Å². The van der Waals surface area contributed by atoms with Gasteiger partial charge in [-0.05, 0) is 43.0 Å². The fraction of sp³-hybridized carbons (Fsp3) is 0. The minimum atomic E-state index is -1.58. The highest BCUT2D eigenvalue weighted by atomic mass is 35.7. The van der Waals surface area contributed by atoms with Gasteiger partial charge in [0, 0.05) is 12.1 Å². The largest absolute Gasteiger partial charge is 0.456 e. The van der Waals surface area contributed by atoms with E-state index in [1.807, 2.05) is 0 Å². The van der Waals surface area contributed by atoms with Gasteiger partial charge in [-0.25, -0.2) is 8.42 Å². The van der Waals surface area contributed by atoms with E-state index in [1.165, 1.54) is 34.1 Å². The summed E-state index contributed by atoms with van der Waals surface area (Å²) in [5, 5.41) is 1.07. The van der Waals surface area contributed by atoms with E-state index >= 15 is 0 Å². The SMILES string of the molecule is O=S(Cl)c1coc(SSc2cc(S(=O)Cl)co2)c1. The van der Waals surface area contributed by atoms with Gasteiger partial charge in [0.1, 0.15) is 12.5 Å². The van der Waals surface area contributed by atoms with E-state index in [9.17, 15) is 8.42 Å². The monoisotopic (exact) mass is 362 g/mol. The van der Waals surface area contributed by atoms with Gasteiger partial charge in [0.05, 0.1) is 9.79 Å². The molecule has 2 unspecified atom stereocenters. The van der Waals surface area contributed by atoms with Crippen LogP contribution in [0.15, 0.2) is 53.5 Å². The smallest absolute Gasteiger partial charge is 0.172 e. The van der Waals surface area contributed by atoms with Gasteiger partial charge < -0.3 is 8.83 Å². The molecule has 4 nitrogen and oxygen atoms in total. The quantitative estimate of drug-likeness (QED) is 0.586. The maximum Gasteiger partial charge on any atom is 0.172 e.